The number of anilines is 1. The number of nitrogens with one attached hydrogen (secondary N) is 2. The second-order valence-electron chi connectivity index (χ2n) is 4.61. The molecule has 1 amide bonds. The maximum Gasteiger partial charge on any atom is 0.335 e. The lowest BCUT2D eigenvalue weighted by atomic mass is 10.0. The van der Waals surface area contributed by atoms with Crippen LogP contribution in [-0.2, 0) is 4.79 Å². The van der Waals surface area contributed by atoms with Crippen molar-refractivity contribution in [1.29, 1.82) is 0 Å². The number of carboxylic acid groups (broad SMARTS) is 1. The van der Waals surface area contributed by atoms with Crippen LogP contribution in [0.15, 0.2) is 18.2 Å². The highest BCUT2D eigenvalue weighted by molar-refractivity contribution is 5.98. The fraction of sp³-hybridized carbons (Fsp3) is 0.385. The average Bonchev–Trinajstić information content (AvgIpc) is 2.31. The molecule has 0 heterocycles. The van der Waals surface area contributed by atoms with Crippen molar-refractivity contribution >= 4 is 17.6 Å². The van der Waals surface area contributed by atoms with Crippen LogP contribution in [0.3, 0.4) is 0 Å². The Balaban J connectivity index is 2.96. The van der Waals surface area contributed by atoms with Crippen molar-refractivity contribution in [1.82, 2.24) is 5.32 Å². The van der Waals surface area contributed by atoms with Crippen LogP contribution in [0, 0.1) is 5.82 Å². The molecule has 0 atom stereocenters. The van der Waals surface area contributed by atoms with Crippen molar-refractivity contribution in [2.45, 2.75) is 26.3 Å². The summed E-state index contributed by atoms with van der Waals surface area (Å²) in [5.74, 6) is -2.29. The molecule has 1 rings (SSSR count). The number of amides is 1. The molecule has 0 spiro atoms. The van der Waals surface area contributed by atoms with E-state index in [-0.39, 0.29) is 11.3 Å². The van der Waals surface area contributed by atoms with Gasteiger partial charge in [-0.25, -0.2) is 9.18 Å². The molecule has 0 aliphatic rings. The van der Waals surface area contributed by atoms with Gasteiger partial charge in [0.2, 0.25) is 5.91 Å². The van der Waals surface area contributed by atoms with E-state index >= 15 is 0 Å². The van der Waals surface area contributed by atoms with E-state index < -0.39 is 23.2 Å². The number of benzene rings is 1. The highest BCUT2D eigenvalue weighted by atomic mass is 19.1. The van der Waals surface area contributed by atoms with Gasteiger partial charge >= 0.3 is 5.97 Å². The normalized spacial score (nSPS) is 11.2. The largest absolute Gasteiger partial charge is 0.478 e. The highest BCUT2D eigenvalue weighted by Gasteiger charge is 2.27. The summed E-state index contributed by atoms with van der Waals surface area (Å²) in [6, 6.07) is 3.25. The highest BCUT2D eigenvalue weighted by Crippen LogP contribution is 2.18. The van der Waals surface area contributed by atoms with Crippen LogP contribution in [0.25, 0.3) is 0 Å². The van der Waals surface area contributed by atoms with Crippen molar-refractivity contribution in [2.24, 2.45) is 0 Å². The Labute approximate surface area is 110 Å². The molecule has 1 aromatic carbocycles. The van der Waals surface area contributed by atoms with Gasteiger partial charge in [-0.1, -0.05) is 6.92 Å². The average molecular weight is 268 g/mol. The molecule has 3 N–H and O–H groups in total. The van der Waals surface area contributed by atoms with E-state index in [0.717, 1.165) is 18.2 Å². The van der Waals surface area contributed by atoms with E-state index in [1.54, 1.807) is 13.8 Å². The summed E-state index contributed by atoms with van der Waals surface area (Å²) in [6.45, 7) is 5.74. The predicted octanol–water partition coefficient (Wildman–Crippen LogP) is 1.85. The minimum absolute atomic E-state index is 0.0852. The number of carbonyl (C=O) groups excluding carboxylic acids is 1. The molecule has 0 unspecified atom stereocenters. The molecule has 1 aromatic rings. The Bertz CT molecular complexity index is 501. The number of carbonyl (C=O) groups is 2. The summed E-state index contributed by atoms with van der Waals surface area (Å²) >= 11 is 0. The number of hydrogen-bond acceptors (Lipinski definition) is 3. The molecule has 0 bridgehead atoms. The van der Waals surface area contributed by atoms with Gasteiger partial charge in [0.05, 0.1) is 16.8 Å². The van der Waals surface area contributed by atoms with Crippen molar-refractivity contribution in [2.75, 3.05) is 11.9 Å². The maximum atomic E-state index is 13.5. The van der Waals surface area contributed by atoms with Crippen LogP contribution in [0.1, 0.15) is 31.1 Å². The first-order chi connectivity index (χ1) is 8.77. The van der Waals surface area contributed by atoms with Gasteiger partial charge < -0.3 is 15.7 Å². The molecule has 5 nitrogen and oxygen atoms in total. The van der Waals surface area contributed by atoms with E-state index in [1.165, 1.54) is 0 Å². The van der Waals surface area contributed by atoms with Gasteiger partial charge in [0.15, 0.2) is 0 Å². The number of hydrogen-bond donors (Lipinski definition) is 3. The van der Waals surface area contributed by atoms with E-state index in [2.05, 4.69) is 10.6 Å². The summed E-state index contributed by atoms with van der Waals surface area (Å²) in [7, 11) is 0. The fourth-order valence-electron chi connectivity index (χ4n) is 1.55. The van der Waals surface area contributed by atoms with Crippen LogP contribution >= 0.6 is 0 Å². The molecule has 0 saturated carbocycles. The molecule has 0 radical (unpaired) electrons. The van der Waals surface area contributed by atoms with Crippen LogP contribution in [0.2, 0.25) is 0 Å². The molecule has 0 fully saturated rings. The first-order valence-electron chi connectivity index (χ1n) is 5.87. The number of aromatic carboxylic acids is 1. The molecule has 0 aliphatic heterocycles. The van der Waals surface area contributed by atoms with Crippen LogP contribution in [0.4, 0.5) is 10.1 Å². The summed E-state index contributed by atoms with van der Waals surface area (Å²) in [5, 5.41) is 14.2. The molecule has 0 aromatic heterocycles. The molecule has 0 saturated heterocycles. The summed E-state index contributed by atoms with van der Waals surface area (Å²) in [6.07, 6.45) is 0. The van der Waals surface area contributed by atoms with E-state index in [9.17, 15) is 14.0 Å². The Morgan fingerprint density at radius 2 is 2.00 bits per heavy atom. The molecule has 19 heavy (non-hydrogen) atoms. The quantitative estimate of drug-likeness (QED) is 0.761. The van der Waals surface area contributed by atoms with Crippen molar-refractivity contribution in [3.63, 3.8) is 0 Å². The lowest BCUT2D eigenvalue weighted by Gasteiger charge is -2.24. The first kappa shape index (κ1) is 15.1. The zero-order chi connectivity index (χ0) is 14.6. The minimum Gasteiger partial charge on any atom is -0.478 e. The third kappa shape index (κ3) is 3.75. The maximum absolute atomic E-state index is 13.5. The van der Waals surface area contributed by atoms with E-state index in [1.807, 2.05) is 6.92 Å². The molecule has 104 valence electrons. The monoisotopic (exact) mass is 268 g/mol. The topological polar surface area (TPSA) is 78.4 Å². The molecule has 6 heteroatoms. The molecule has 0 aliphatic carbocycles. The number of rotatable bonds is 5. The van der Waals surface area contributed by atoms with Crippen LogP contribution in [0.5, 0.6) is 0 Å². The summed E-state index contributed by atoms with van der Waals surface area (Å²) in [5.41, 5.74) is -1.10. The zero-order valence-electron chi connectivity index (χ0n) is 11.1. The second-order valence-corrected chi connectivity index (χ2v) is 4.61. The van der Waals surface area contributed by atoms with Gasteiger partial charge in [-0.3, -0.25) is 4.79 Å². The third-order valence-corrected chi connectivity index (χ3v) is 2.65. The Hall–Kier alpha value is -1.95. The van der Waals surface area contributed by atoms with Gasteiger partial charge in [-0.15, -0.1) is 0 Å². The van der Waals surface area contributed by atoms with Gasteiger partial charge in [0.1, 0.15) is 5.82 Å². The number of likely N-dealkylation sites (N-methyl/N-ethyl adjacent to an activating group) is 1. The van der Waals surface area contributed by atoms with Crippen LogP contribution < -0.4 is 10.6 Å². The standard InChI is InChI=1S/C13H17FN2O3/c1-4-15-13(2,3)12(19)16-10-7-8(11(17)18)5-6-9(10)14/h5-7,15H,4H2,1-3H3,(H,16,19)(H,17,18). The zero-order valence-corrected chi connectivity index (χ0v) is 11.1. The number of carboxylic acids is 1. The lowest BCUT2D eigenvalue weighted by Crippen LogP contribution is -2.49. The summed E-state index contributed by atoms with van der Waals surface area (Å²) < 4.78 is 13.5. The lowest BCUT2D eigenvalue weighted by molar-refractivity contribution is -0.121. The van der Waals surface area contributed by atoms with Crippen LogP contribution in [-0.4, -0.2) is 29.1 Å². The Morgan fingerprint density at radius 1 is 1.37 bits per heavy atom. The predicted molar refractivity (Wildman–Crippen MR) is 69.7 cm³/mol. The van der Waals surface area contributed by atoms with Gasteiger partial charge in [0.25, 0.3) is 0 Å². The third-order valence-electron chi connectivity index (χ3n) is 2.65. The second kappa shape index (κ2) is 5.79. The molecular formula is C13H17FN2O3. The van der Waals surface area contributed by atoms with Crippen molar-refractivity contribution in [3.05, 3.63) is 29.6 Å². The number of halogens is 1. The van der Waals surface area contributed by atoms with E-state index in [4.69, 9.17) is 5.11 Å². The van der Waals surface area contributed by atoms with Crippen molar-refractivity contribution in [3.8, 4) is 0 Å². The van der Waals surface area contributed by atoms with E-state index in [0.29, 0.717) is 6.54 Å². The van der Waals surface area contributed by atoms with Gasteiger partial charge in [-0.2, -0.15) is 0 Å². The smallest absolute Gasteiger partial charge is 0.335 e. The minimum atomic E-state index is -1.18. The van der Waals surface area contributed by atoms with Gasteiger partial charge in [0, 0.05) is 0 Å². The molecular weight excluding hydrogens is 251 g/mol. The summed E-state index contributed by atoms with van der Waals surface area (Å²) in [4.78, 5) is 22.8. The van der Waals surface area contributed by atoms with Crippen molar-refractivity contribution < 1.29 is 19.1 Å². The Morgan fingerprint density at radius 3 is 2.53 bits per heavy atom. The fourth-order valence-corrected chi connectivity index (χ4v) is 1.55. The SMILES string of the molecule is CCNC(C)(C)C(=O)Nc1cc(C(=O)O)ccc1F. The first-order valence-corrected chi connectivity index (χ1v) is 5.87. The Kier molecular flexibility index (Phi) is 4.61. The van der Waals surface area contributed by atoms with Gasteiger partial charge in [-0.05, 0) is 38.6 Å².